The molecule has 0 aliphatic carbocycles. The van der Waals surface area contributed by atoms with E-state index in [0.717, 1.165) is 43.8 Å². The summed E-state index contributed by atoms with van der Waals surface area (Å²) in [4.78, 5) is 21.5. The van der Waals surface area contributed by atoms with Gasteiger partial charge in [-0.25, -0.2) is 0 Å². The van der Waals surface area contributed by atoms with Gasteiger partial charge in [-0.1, -0.05) is 12.1 Å². The lowest BCUT2D eigenvalue weighted by Crippen LogP contribution is -2.55. The summed E-state index contributed by atoms with van der Waals surface area (Å²) < 4.78 is 5.46. The number of carbonyl (C=O) groups is 1. The first-order chi connectivity index (χ1) is 14.0. The fourth-order valence-electron chi connectivity index (χ4n) is 4.94. The molecule has 0 unspecified atom stereocenters. The molecule has 2 saturated heterocycles. The van der Waals surface area contributed by atoms with E-state index < -0.39 is 0 Å². The minimum atomic E-state index is 0.296. The lowest BCUT2D eigenvalue weighted by atomic mass is 9.83. The van der Waals surface area contributed by atoms with E-state index >= 15 is 0 Å². The molecule has 0 saturated carbocycles. The predicted octanol–water partition coefficient (Wildman–Crippen LogP) is 3.72. The van der Waals surface area contributed by atoms with Crippen LogP contribution in [0.25, 0.3) is 0 Å². The van der Waals surface area contributed by atoms with Crippen LogP contribution in [0.4, 0.5) is 0 Å². The van der Waals surface area contributed by atoms with Crippen molar-refractivity contribution in [1.82, 2.24) is 14.8 Å². The molecule has 1 aromatic carbocycles. The Bertz CT molecular complexity index is 868. The molecule has 2 aliphatic rings. The van der Waals surface area contributed by atoms with Crippen LogP contribution in [0.5, 0.6) is 5.75 Å². The van der Waals surface area contributed by atoms with Gasteiger partial charge in [0.25, 0.3) is 0 Å². The number of pyridine rings is 1. The maximum absolute atomic E-state index is 12.6. The summed E-state index contributed by atoms with van der Waals surface area (Å²) in [6, 6.07) is 8.77. The minimum absolute atomic E-state index is 0.296. The first-order valence-electron chi connectivity index (χ1n) is 10.6. The van der Waals surface area contributed by atoms with Crippen LogP contribution >= 0.6 is 0 Å². The Labute approximate surface area is 173 Å². The van der Waals surface area contributed by atoms with Gasteiger partial charge in [0.2, 0.25) is 5.91 Å². The standard InChI is InChI=1S/C24H31N3O2/c1-17-12-23(29-3)18(2)11-21(17)16-26-10-8-22-20(15-26)6-7-24(28)27(22)14-19-5-4-9-25-13-19/h4-5,9,11-13,20,22H,6-8,10,14-16H2,1-3H3/t20-,22+/m0/s1. The van der Waals surface area contributed by atoms with Crippen LogP contribution in [0, 0.1) is 19.8 Å². The van der Waals surface area contributed by atoms with Gasteiger partial charge in [-0.2, -0.15) is 0 Å². The molecular weight excluding hydrogens is 362 g/mol. The number of carbonyl (C=O) groups excluding carboxylic acids is 1. The van der Waals surface area contributed by atoms with E-state index in [1.807, 2.05) is 12.3 Å². The summed E-state index contributed by atoms with van der Waals surface area (Å²) in [5.74, 6) is 1.81. The molecule has 4 rings (SSSR count). The smallest absolute Gasteiger partial charge is 0.223 e. The Balaban J connectivity index is 1.44. The quantitative estimate of drug-likeness (QED) is 0.777. The van der Waals surface area contributed by atoms with Crippen molar-refractivity contribution in [3.05, 3.63) is 58.9 Å². The topological polar surface area (TPSA) is 45.7 Å². The van der Waals surface area contributed by atoms with Gasteiger partial charge in [0, 0.05) is 51.0 Å². The number of hydrogen-bond donors (Lipinski definition) is 0. The van der Waals surface area contributed by atoms with Crippen molar-refractivity contribution in [2.24, 2.45) is 5.92 Å². The average Bonchev–Trinajstić information content (AvgIpc) is 2.73. The van der Waals surface area contributed by atoms with Crippen molar-refractivity contribution in [2.45, 2.75) is 52.2 Å². The molecule has 0 bridgehead atoms. The fraction of sp³-hybridized carbons (Fsp3) is 0.500. The molecular formula is C24H31N3O2. The van der Waals surface area contributed by atoms with Gasteiger partial charge in [0.05, 0.1) is 7.11 Å². The second-order valence-electron chi connectivity index (χ2n) is 8.52. The lowest BCUT2D eigenvalue weighted by molar-refractivity contribution is -0.142. The Hall–Kier alpha value is -2.40. The first kappa shape index (κ1) is 19.9. The second-order valence-corrected chi connectivity index (χ2v) is 8.52. The highest BCUT2D eigenvalue weighted by Crippen LogP contribution is 2.33. The fourth-order valence-corrected chi connectivity index (χ4v) is 4.94. The van der Waals surface area contributed by atoms with Crippen LogP contribution in [0.1, 0.15) is 41.5 Å². The number of fused-ring (bicyclic) bond motifs is 1. The second kappa shape index (κ2) is 8.54. The van der Waals surface area contributed by atoms with Gasteiger partial charge in [-0.3, -0.25) is 14.7 Å². The highest BCUT2D eigenvalue weighted by atomic mass is 16.5. The number of nitrogens with zero attached hydrogens (tertiary/aromatic N) is 3. The normalized spacial score (nSPS) is 22.4. The van der Waals surface area contributed by atoms with Crippen LogP contribution in [-0.4, -0.2) is 46.9 Å². The average molecular weight is 394 g/mol. The summed E-state index contributed by atoms with van der Waals surface area (Å²) in [5.41, 5.74) is 4.97. The van der Waals surface area contributed by atoms with Gasteiger partial charge >= 0.3 is 0 Å². The van der Waals surface area contributed by atoms with Crippen LogP contribution in [0.15, 0.2) is 36.7 Å². The Morgan fingerprint density at radius 2 is 2.03 bits per heavy atom. The SMILES string of the molecule is COc1cc(C)c(CN2CC[C@@H]3[C@@H](CCC(=O)N3Cc3cccnc3)C2)cc1C. The number of benzene rings is 1. The summed E-state index contributed by atoms with van der Waals surface area (Å²) in [6.07, 6.45) is 6.37. The zero-order valence-corrected chi connectivity index (χ0v) is 17.7. The van der Waals surface area contributed by atoms with Gasteiger partial charge < -0.3 is 9.64 Å². The first-order valence-corrected chi connectivity index (χ1v) is 10.6. The lowest BCUT2D eigenvalue weighted by Gasteiger charge is -2.47. The Morgan fingerprint density at radius 1 is 1.17 bits per heavy atom. The van der Waals surface area contributed by atoms with Crippen molar-refractivity contribution in [2.75, 3.05) is 20.2 Å². The Kier molecular flexibility index (Phi) is 5.86. The minimum Gasteiger partial charge on any atom is -0.496 e. The third kappa shape index (κ3) is 4.30. The number of hydrogen-bond acceptors (Lipinski definition) is 4. The molecule has 2 fully saturated rings. The van der Waals surface area contributed by atoms with Gasteiger partial charge in [0.15, 0.2) is 0 Å². The van der Waals surface area contributed by atoms with Crippen LogP contribution < -0.4 is 4.74 Å². The van der Waals surface area contributed by atoms with Crippen molar-refractivity contribution in [3.8, 4) is 5.75 Å². The number of amides is 1. The van der Waals surface area contributed by atoms with Crippen LogP contribution in [0.2, 0.25) is 0 Å². The van der Waals surface area contributed by atoms with E-state index in [9.17, 15) is 4.79 Å². The van der Waals surface area contributed by atoms with Crippen molar-refractivity contribution in [1.29, 1.82) is 0 Å². The molecule has 1 amide bonds. The van der Waals surface area contributed by atoms with Gasteiger partial charge in [-0.05, 0) is 67.0 Å². The van der Waals surface area contributed by atoms with E-state index in [2.05, 4.69) is 46.8 Å². The Morgan fingerprint density at radius 3 is 2.79 bits per heavy atom. The zero-order valence-electron chi connectivity index (χ0n) is 17.7. The molecule has 2 aromatic rings. The van der Waals surface area contributed by atoms with Crippen molar-refractivity contribution >= 4 is 5.91 Å². The molecule has 5 heteroatoms. The largest absolute Gasteiger partial charge is 0.496 e. The molecule has 5 nitrogen and oxygen atoms in total. The third-order valence-electron chi connectivity index (χ3n) is 6.55. The molecule has 1 aromatic heterocycles. The summed E-state index contributed by atoms with van der Waals surface area (Å²) >= 11 is 0. The van der Waals surface area contributed by atoms with E-state index in [-0.39, 0.29) is 0 Å². The number of aryl methyl sites for hydroxylation is 2. The number of rotatable bonds is 5. The van der Waals surface area contributed by atoms with Crippen molar-refractivity contribution < 1.29 is 9.53 Å². The zero-order chi connectivity index (χ0) is 20.4. The summed E-state index contributed by atoms with van der Waals surface area (Å²) in [7, 11) is 1.73. The van der Waals surface area contributed by atoms with Crippen LogP contribution in [0.3, 0.4) is 0 Å². The predicted molar refractivity (Wildman–Crippen MR) is 114 cm³/mol. The maximum Gasteiger partial charge on any atom is 0.223 e. The van der Waals surface area contributed by atoms with E-state index in [1.54, 1.807) is 13.3 Å². The molecule has 0 spiro atoms. The molecule has 29 heavy (non-hydrogen) atoms. The monoisotopic (exact) mass is 393 g/mol. The highest BCUT2D eigenvalue weighted by Gasteiger charge is 2.39. The van der Waals surface area contributed by atoms with E-state index in [0.29, 0.717) is 30.8 Å². The molecule has 2 aliphatic heterocycles. The number of methoxy groups -OCH3 is 1. The van der Waals surface area contributed by atoms with Gasteiger partial charge in [0.1, 0.15) is 5.75 Å². The number of piperidine rings is 2. The van der Waals surface area contributed by atoms with Crippen molar-refractivity contribution in [3.63, 3.8) is 0 Å². The number of likely N-dealkylation sites (tertiary alicyclic amines) is 2. The summed E-state index contributed by atoms with van der Waals surface area (Å²) in [5, 5.41) is 0. The molecule has 154 valence electrons. The molecule has 0 N–H and O–H groups in total. The maximum atomic E-state index is 12.6. The molecule has 3 heterocycles. The summed E-state index contributed by atoms with van der Waals surface area (Å²) in [6.45, 7) is 8.02. The number of ether oxygens (including phenoxy) is 1. The van der Waals surface area contributed by atoms with Crippen LogP contribution in [-0.2, 0) is 17.9 Å². The van der Waals surface area contributed by atoms with E-state index in [4.69, 9.17) is 4.74 Å². The van der Waals surface area contributed by atoms with Gasteiger partial charge in [-0.15, -0.1) is 0 Å². The molecule has 0 radical (unpaired) electrons. The molecule has 2 atom stereocenters. The number of aromatic nitrogens is 1. The highest BCUT2D eigenvalue weighted by molar-refractivity contribution is 5.77. The third-order valence-corrected chi connectivity index (χ3v) is 6.55. The van der Waals surface area contributed by atoms with E-state index in [1.165, 1.54) is 16.7 Å².